The Morgan fingerprint density at radius 2 is 2.04 bits per heavy atom. The number of carbonyl (C=O) groups is 1. The van der Waals surface area contributed by atoms with Crippen molar-refractivity contribution in [3.05, 3.63) is 68.3 Å². The summed E-state index contributed by atoms with van der Waals surface area (Å²) < 4.78 is 39.0. The number of amides is 1. The summed E-state index contributed by atoms with van der Waals surface area (Å²) in [6.07, 6.45) is 0.458. The average molecular weight is 409 g/mol. The largest absolute Gasteiger partial charge is 0.422 e. The number of benzene rings is 1. The number of aryl methyl sites for hydroxylation is 1. The minimum absolute atomic E-state index is 0.0415. The zero-order valence-electron chi connectivity index (χ0n) is 15.2. The number of aromatic nitrogens is 1. The van der Waals surface area contributed by atoms with E-state index in [1.165, 1.54) is 44.2 Å². The zero-order valence-corrected chi connectivity index (χ0v) is 15.9. The lowest BCUT2D eigenvalue weighted by Crippen LogP contribution is -2.25. The number of fused-ring (bicyclic) bond motifs is 1. The normalized spacial score (nSPS) is 10.9. The van der Waals surface area contributed by atoms with Crippen LogP contribution in [-0.4, -0.2) is 30.1 Å². The van der Waals surface area contributed by atoms with Crippen LogP contribution in [0.1, 0.15) is 16.7 Å². The summed E-state index contributed by atoms with van der Waals surface area (Å²) in [6, 6.07) is 3.65. The summed E-state index contributed by atoms with van der Waals surface area (Å²) in [7, 11) is 2.95. The van der Waals surface area contributed by atoms with E-state index in [1.54, 1.807) is 0 Å². The highest BCUT2D eigenvalue weighted by molar-refractivity contribution is 6.29. The van der Waals surface area contributed by atoms with Gasteiger partial charge in [-0.05, 0) is 24.1 Å². The predicted octanol–water partition coefficient (Wildman–Crippen LogP) is 4.08. The maximum atomic E-state index is 14.7. The van der Waals surface area contributed by atoms with Gasteiger partial charge in [0.25, 0.3) is 0 Å². The highest BCUT2D eigenvalue weighted by Gasteiger charge is 2.19. The molecule has 1 aromatic carbocycles. The molecule has 0 unspecified atom stereocenters. The summed E-state index contributed by atoms with van der Waals surface area (Å²) in [5, 5.41) is -0.279. The number of carbonyl (C=O) groups excluding carboxylic acids is 1. The number of hydrogen-bond donors (Lipinski definition) is 0. The highest BCUT2D eigenvalue weighted by atomic mass is 35.5. The first-order valence-electron chi connectivity index (χ1n) is 8.13. The maximum absolute atomic E-state index is 14.7. The second kappa shape index (κ2) is 7.55. The van der Waals surface area contributed by atoms with Gasteiger partial charge in [-0.3, -0.25) is 0 Å². The second-order valence-corrected chi connectivity index (χ2v) is 6.64. The van der Waals surface area contributed by atoms with Crippen molar-refractivity contribution >= 4 is 28.7 Å². The van der Waals surface area contributed by atoms with E-state index >= 15 is 0 Å². The molecule has 0 fully saturated rings. The third kappa shape index (κ3) is 3.68. The third-order valence-electron chi connectivity index (χ3n) is 4.17. The van der Waals surface area contributed by atoms with Gasteiger partial charge in [-0.1, -0.05) is 11.6 Å². The fourth-order valence-electron chi connectivity index (χ4n) is 2.71. The van der Waals surface area contributed by atoms with Crippen molar-refractivity contribution in [2.24, 2.45) is 0 Å². The van der Waals surface area contributed by atoms with E-state index in [0.29, 0.717) is 5.56 Å². The van der Waals surface area contributed by atoms with Crippen LogP contribution in [0.15, 0.2) is 33.6 Å². The van der Waals surface area contributed by atoms with Gasteiger partial charge in [0.15, 0.2) is 11.0 Å². The molecule has 2 heterocycles. The quantitative estimate of drug-likeness (QED) is 0.482. The summed E-state index contributed by atoms with van der Waals surface area (Å²) in [5.74, 6) is -1.60. The molecule has 3 rings (SSSR count). The van der Waals surface area contributed by atoms with Gasteiger partial charge in [0, 0.05) is 44.4 Å². The van der Waals surface area contributed by atoms with E-state index in [0.717, 1.165) is 6.07 Å². The van der Waals surface area contributed by atoms with Crippen LogP contribution in [0.25, 0.3) is 11.0 Å². The molecule has 0 saturated heterocycles. The Labute approximate surface area is 163 Å². The van der Waals surface area contributed by atoms with E-state index in [1.807, 2.05) is 0 Å². The lowest BCUT2D eigenvalue weighted by molar-refractivity contribution is 0.172. The van der Waals surface area contributed by atoms with Gasteiger partial charge in [-0.15, -0.1) is 0 Å². The molecular formula is C19H15ClF2N2O4. The Bertz CT molecular complexity index is 1140. The van der Waals surface area contributed by atoms with Crippen molar-refractivity contribution in [1.29, 1.82) is 0 Å². The number of pyridine rings is 1. The van der Waals surface area contributed by atoms with Crippen molar-refractivity contribution in [3.63, 3.8) is 0 Å². The monoisotopic (exact) mass is 408 g/mol. The Morgan fingerprint density at radius 1 is 1.32 bits per heavy atom. The number of ether oxygens (including phenoxy) is 1. The molecule has 0 aliphatic heterocycles. The Balaban J connectivity index is 2.10. The van der Waals surface area contributed by atoms with Gasteiger partial charge in [0.1, 0.15) is 17.1 Å². The Morgan fingerprint density at radius 3 is 2.71 bits per heavy atom. The maximum Gasteiger partial charge on any atom is 0.414 e. The standard InChI is InChI=1S/C19H15ClF2N2O4/c1-9-12(6-10-4-5-23-17(20)16(10)22)18(25)28-14-8-11(7-13(21)15(9)14)27-19(26)24(2)3/h4-5,7-8H,6H2,1-3H3. The minimum atomic E-state index is -0.757. The molecule has 0 saturated carbocycles. The van der Waals surface area contributed by atoms with E-state index in [9.17, 15) is 18.4 Å². The number of halogens is 3. The number of rotatable bonds is 3. The summed E-state index contributed by atoms with van der Waals surface area (Å²) in [6.45, 7) is 1.53. The van der Waals surface area contributed by atoms with Gasteiger partial charge >= 0.3 is 11.7 Å². The van der Waals surface area contributed by atoms with Gasteiger partial charge in [0.05, 0.1) is 5.39 Å². The van der Waals surface area contributed by atoms with Crippen molar-refractivity contribution < 1.29 is 22.7 Å². The molecule has 0 aliphatic rings. The summed E-state index contributed by atoms with van der Waals surface area (Å²) >= 11 is 5.67. The van der Waals surface area contributed by atoms with Gasteiger partial charge in [-0.25, -0.2) is 23.4 Å². The van der Waals surface area contributed by atoms with E-state index in [4.69, 9.17) is 20.8 Å². The van der Waals surface area contributed by atoms with E-state index in [2.05, 4.69) is 4.98 Å². The van der Waals surface area contributed by atoms with Crippen LogP contribution in [-0.2, 0) is 6.42 Å². The molecular weight excluding hydrogens is 394 g/mol. The first-order valence-corrected chi connectivity index (χ1v) is 8.50. The van der Waals surface area contributed by atoms with Crippen molar-refractivity contribution in [3.8, 4) is 5.75 Å². The molecule has 0 spiro atoms. The molecule has 146 valence electrons. The predicted molar refractivity (Wildman–Crippen MR) is 98.9 cm³/mol. The first-order chi connectivity index (χ1) is 13.2. The molecule has 9 heteroatoms. The Kier molecular flexibility index (Phi) is 5.33. The zero-order chi connectivity index (χ0) is 20.6. The molecule has 0 N–H and O–H groups in total. The summed E-state index contributed by atoms with van der Waals surface area (Å²) in [5.41, 5.74) is -0.326. The molecule has 0 aliphatic carbocycles. The third-order valence-corrected chi connectivity index (χ3v) is 4.43. The lowest BCUT2D eigenvalue weighted by atomic mass is 9.99. The first kappa shape index (κ1) is 19.8. The van der Waals surface area contributed by atoms with Crippen LogP contribution < -0.4 is 10.4 Å². The lowest BCUT2D eigenvalue weighted by Gasteiger charge is -2.13. The smallest absolute Gasteiger partial charge is 0.414 e. The van der Waals surface area contributed by atoms with Crippen LogP contribution in [0.5, 0.6) is 5.75 Å². The van der Waals surface area contributed by atoms with Crippen LogP contribution in [0.3, 0.4) is 0 Å². The second-order valence-electron chi connectivity index (χ2n) is 6.29. The van der Waals surface area contributed by atoms with Crippen molar-refractivity contribution in [2.45, 2.75) is 13.3 Å². The fraction of sp³-hybridized carbons (Fsp3) is 0.211. The molecule has 6 nitrogen and oxygen atoms in total. The average Bonchev–Trinajstić information content (AvgIpc) is 2.61. The molecule has 1 amide bonds. The molecule has 28 heavy (non-hydrogen) atoms. The van der Waals surface area contributed by atoms with Crippen LogP contribution >= 0.6 is 11.6 Å². The molecule has 0 radical (unpaired) electrons. The number of nitrogens with zero attached hydrogens (tertiary/aromatic N) is 2. The molecule has 3 aromatic rings. The SMILES string of the molecule is Cc1c(Cc2ccnc(Cl)c2F)c(=O)oc2cc(OC(=O)N(C)C)cc(F)c12. The van der Waals surface area contributed by atoms with E-state index < -0.39 is 23.4 Å². The van der Waals surface area contributed by atoms with E-state index in [-0.39, 0.29) is 39.4 Å². The highest BCUT2D eigenvalue weighted by Crippen LogP contribution is 2.29. The minimum Gasteiger partial charge on any atom is -0.422 e. The molecule has 0 bridgehead atoms. The van der Waals surface area contributed by atoms with Gasteiger partial charge < -0.3 is 14.1 Å². The van der Waals surface area contributed by atoms with Crippen LogP contribution in [0.2, 0.25) is 5.15 Å². The van der Waals surface area contributed by atoms with Gasteiger partial charge in [0.2, 0.25) is 0 Å². The van der Waals surface area contributed by atoms with Crippen LogP contribution in [0.4, 0.5) is 13.6 Å². The Hall–Kier alpha value is -3.00. The van der Waals surface area contributed by atoms with Crippen LogP contribution in [0, 0.1) is 18.6 Å². The topological polar surface area (TPSA) is 72.6 Å². The molecule has 0 atom stereocenters. The van der Waals surface area contributed by atoms with Crippen molar-refractivity contribution in [1.82, 2.24) is 9.88 Å². The summed E-state index contributed by atoms with van der Waals surface area (Å²) in [4.78, 5) is 28.9. The van der Waals surface area contributed by atoms with Gasteiger partial charge in [-0.2, -0.15) is 0 Å². The fourth-order valence-corrected chi connectivity index (χ4v) is 2.88. The number of hydrogen-bond acceptors (Lipinski definition) is 5. The van der Waals surface area contributed by atoms with Crippen molar-refractivity contribution in [2.75, 3.05) is 14.1 Å². The molecule has 2 aromatic heterocycles.